The van der Waals surface area contributed by atoms with Crippen LogP contribution in [0, 0.1) is 0 Å². The van der Waals surface area contributed by atoms with Crippen molar-refractivity contribution in [2.75, 3.05) is 13.6 Å². The number of hydrogen-bond donors (Lipinski definition) is 1. The molecule has 1 fully saturated rings. The van der Waals surface area contributed by atoms with Crippen molar-refractivity contribution in [3.8, 4) is 0 Å². The second-order valence-corrected chi connectivity index (χ2v) is 2.53. The lowest BCUT2D eigenvalue weighted by Crippen LogP contribution is -2.00. The van der Waals surface area contributed by atoms with Gasteiger partial charge in [-0.05, 0) is 13.5 Å². The lowest BCUT2D eigenvalue weighted by Gasteiger charge is -1.91. The van der Waals surface area contributed by atoms with Gasteiger partial charge in [0.1, 0.15) is 0 Å². The monoisotopic (exact) mass is 129 g/mol. The molecule has 3 heteroatoms. The standard InChI is InChI=1S/C6H11NO2/c1-7-4-5(7)2-3-6(8)9/h5H,2-4H2,1H3,(H,8,9). The van der Waals surface area contributed by atoms with E-state index < -0.39 is 5.97 Å². The van der Waals surface area contributed by atoms with Crippen molar-refractivity contribution in [1.29, 1.82) is 0 Å². The molecule has 3 nitrogen and oxygen atoms in total. The smallest absolute Gasteiger partial charge is 0.303 e. The third-order valence-electron chi connectivity index (χ3n) is 1.68. The second-order valence-electron chi connectivity index (χ2n) is 2.53. The van der Waals surface area contributed by atoms with Crippen molar-refractivity contribution >= 4 is 5.97 Å². The molecule has 1 N–H and O–H groups in total. The average Bonchev–Trinajstić information content (AvgIpc) is 2.42. The summed E-state index contributed by atoms with van der Waals surface area (Å²) < 4.78 is 0. The number of carboxylic acid groups (broad SMARTS) is 1. The van der Waals surface area contributed by atoms with Crippen molar-refractivity contribution < 1.29 is 9.90 Å². The Balaban J connectivity index is 2.00. The summed E-state index contributed by atoms with van der Waals surface area (Å²) in [7, 11) is 2.01. The highest BCUT2D eigenvalue weighted by Crippen LogP contribution is 2.18. The maximum Gasteiger partial charge on any atom is 0.303 e. The molecular weight excluding hydrogens is 118 g/mol. The number of rotatable bonds is 3. The molecular formula is C6H11NO2. The minimum Gasteiger partial charge on any atom is -0.481 e. The summed E-state index contributed by atoms with van der Waals surface area (Å²) in [6, 6.07) is 0.557. The van der Waals surface area contributed by atoms with E-state index in [0.29, 0.717) is 12.5 Å². The van der Waals surface area contributed by atoms with Crippen LogP contribution >= 0.6 is 0 Å². The van der Waals surface area contributed by atoms with Gasteiger partial charge in [0.15, 0.2) is 0 Å². The van der Waals surface area contributed by atoms with Crippen LogP contribution in [0.1, 0.15) is 12.8 Å². The largest absolute Gasteiger partial charge is 0.481 e. The molecule has 0 amide bonds. The molecule has 1 aliphatic rings. The van der Waals surface area contributed by atoms with Crippen LogP contribution in [-0.2, 0) is 4.79 Å². The Labute approximate surface area is 54.3 Å². The number of hydrogen-bond acceptors (Lipinski definition) is 2. The molecule has 0 aromatic heterocycles. The van der Waals surface area contributed by atoms with E-state index in [1.54, 1.807) is 0 Å². The van der Waals surface area contributed by atoms with Gasteiger partial charge in [-0.3, -0.25) is 4.79 Å². The molecule has 52 valence electrons. The van der Waals surface area contributed by atoms with Crippen LogP contribution in [0.4, 0.5) is 0 Å². The van der Waals surface area contributed by atoms with E-state index in [1.165, 1.54) is 0 Å². The maximum atomic E-state index is 10.0. The minimum atomic E-state index is -0.685. The minimum absolute atomic E-state index is 0.314. The molecule has 0 aromatic rings. The molecule has 0 bridgehead atoms. The van der Waals surface area contributed by atoms with E-state index >= 15 is 0 Å². The van der Waals surface area contributed by atoms with E-state index in [9.17, 15) is 4.79 Å². The average molecular weight is 129 g/mol. The van der Waals surface area contributed by atoms with Gasteiger partial charge in [-0.1, -0.05) is 0 Å². The van der Waals surface area contributed by atoms with Gasteiger partial charge in [0.05, 0.1) is 0 Å². The Morgan fingerprint density at radius 1 is 1.89 bits per heavy atom. The van der Waals surface area contributed by atoms with Crippen LogP contribution in [-0.4, -0.2) is 35.6 Å². The highest BCUT2D eigenvalue weighted by atomic mass is 16.4. The molecule has 0 spiro atoms. The molecule has 0 saturated carbocycles. The van der Waals surface area contributed by atoms with Crippen LogP contribution in [0.2, 0.25) is 0 Å². The summed E-state index contributed by atoms with van der Waals surface area (Å²) in [5.74, 6) is -0.685. The van der Waals surface area contributed by atoms with Gasteiger partial charge >= 0.3 is 5.97 Å². The zero-order valence-corrected chi connectivity index (χ0v) is 5.50. The predicted molar refractivity (Wildman–Crippen MR) is 33.3 cm³/mol. The molecule has 0 aliphatic carbocycles. The van der Waals surface area contributed by atoms with Crippen molar-refractivity contribution in [1.82, 2.24) is 4.90 Å². The first kappa shape index (κ1) is 6.55. The second kappa shape index (κ2) is 2.35. The quantitative estimate of drug-likeness (QED) is 0.552. The van der Waals surface area contributed by atoms with Gasteiger partial charge in [-0.2, -0.15) is 0 Å². The van der Waals surface area contributed by atoms with Crippen LogP contribution in [0.15, 0.2) is 0 Å². The van der Waals surface area contributed by atoms with Crippen molar-refractivity contribution in [3.05, 3.63) is 0 Å². The molecule has 9 heavy (non-hydrogen) atoms. The molecule has 2 unspecified atom stereocenters. The van der Waals surface area contributed by atoms with E-state index in [0.717, 1.165) is 13.0 Å². The summed E-state index contributed by atoms with van der Waals surface area (Å²) in [4.78, 5) is 12.2. The van der Waals surface area contributed by atoms with Crippen LogP contribution in [0.25, 0.3) is 0 Å². The summed E-state index contributed by atoms with van der Waals surface area (Å²) >= 11 is 0. The first-order chi connectivity index (χ1) is 4.20. The normalized spacial score (nSPS) is 32.1. The predicted octanol–water partition coefficient (Wildman–Crippen LogP) is 0.165. The Morgan fingerprint density at radius 3 is 2.78 bits per heavy atom. The van der Waals surface area contributed by atoms with E-state index in [4.69, 9.17) is 5.11 Å². The first-order valence-electron chi connectivity index (χ1n) is 3.12. The van der Waals surface area contributed by atoms with Gasteiger partial charge in [-0.25, -0.2) is 0 Å². The topological polar surface area (TPSA) is 40.3 Å². The molecule has 1 heterocycles. The highest BCUT2D eigenvalue weighted by Gasteiger charge is 2.29. The van der Waals surface area contributed by atoms with Gasteiger partial charge < -0.3 is 10.0 Å². The fourth-order valence-electron chi connectivity index (χ4n) is 0.887. The molecule has 0 radical (unpaired) electrons. The Hall–Kier alpha value is -0.570. The van der Waals surface area contributed by atoms with Gasteiger partial charge in [0, 0.05) is 19.0 Å². The number of carboxylic acids is 1. The maximum absolute atomic E-state index is 10.0. The number of nitrogens with zero attached hydrogens (tertiary/aromatic N) is 1. The summed E-state index contributed by atoms with van der Waals surface area (Å²) in [6.45, 7) is 1.08. The Kier molecular flexibility index (Phi) is 1.71. The van der Waals surface area contributed by atoms with E-state index in [-0.39, 0.29) is 0 Å². The zero-order chi connectivity index (χ0) is 6.85. The third kappa shape index (κ3) is 2.01. The zero-order valence-electron chi connectivity index (χ0n) is 5.50. The molecule has 1 aliphatic heterocycles. The van der Waals surface area contributed by atoms with Crippen LogP contribution in [0.5, 0.6) is 0 Å². The lowest BCUT2D eigenvalue weighted by molar-refractivity contribution is -0.137. The number of aliphatic carboxylic acids is 1. The summed E-state index contributed by atoms with van der Waals surface area (Å²) in [6.07, 6.45) is 1.13. The fourth-order valence-corrected chi connectivity index (χ4v) is 0.887. The molecule has 0 aromatic carbocycles. The van der Waals surface area contributed by atoms with Gasteiger partial charge in [0.25, 0.3) is 0 Å². The molecule has 1 saturated heterocycles. The highest BCUT2D eigenvalue weighted by molar-refractivity contribution is 5.66. The Bertz CT molecular complexity index is 124. The van der Waals surface area contributed by atoms with E-state index in [1.807, 2.05) is 7.05 Å². The van der Waals surface area contributed by atoms with Crippen LogP contribution < -0.4 is 0 Å². The van der Waals surface area contributed by atoms with Crippen molar-refractivity contribution in [2.45, 2.75) is 18.9 Å². The summed E-state index contributed by atoms with van der Waals surface area (Å²) in [5.41, 5.74) is 0. The van der Waals surface area contributed by atoms with Gasteiger partial charge in [0.2, 0.25) is 0 Å². The number of likely N-dealkylation sites (N-methyl/N-ethyl adjacent to an activating group) is 1. The fraction of sp³-hybridized carbons (Fsp3) is 0.833. The van der Waals surface area contributed by atoms with Crippen molar-refractivity contribution in [2.24, 2.45) is 0 Å². The number of carbonyl (C=O) groups is 1. The first-order valence-corrected chi connectivity index (χ1v) is 3.12. The van der Waals surface area contributed by atoms with E-state index in [2.05, 4.69) is 4.90 Å². The van der Waals surface area contributed by atoms with Crippen molar-refractivity contribution in [3.63, 3.8) is 0 Å². The Morgan fingerprint density at radius 2 is 2.44 bits per heavy atom. The van der Waals surface area contributed by atoms with Crippen LogP contribution in [0.3, 0.4) is 0 Å². The molecule has 2 atom stereocenters. The lowest BCUT2D eigenvalue weighted by atomic mass is 10.2. The molecule has 1 rings (SSSR count). The summed E-state index contributed by atoms with van der Waals surface area (Å²) in [5, 5.41) is 8.26. The van der Waals surface area contributed by atoms with Gasteiger partial charge in [-0.15, -0.1) is 0 Å². The SMILES string of the molecule is CN1CC1CCC(=O)O. The third-order valence-corrected chi connectivity index (χ3v) is 1.68.